The van der Waals surface area contributed by atoms with Gasteiger partial charge >= 0.3 is 6.18 Å². The topological polar surface area (TPSA) is 98.9 Å². The van der Waals surface area contributed by atoms with Gasteiger partial charge in [0.2, 0.25) is 0 Å². The minimum Gasteiger partial charge on any atom is -0.387 e. The Bertz CT molecular complexity index is 1260. The number of rotatable bonds is 3. The maximum absolute atomic E-state index is 13.4. The van der Waals surface area contributed by atoms with Crippen LogP contribution in [-0.2, 0) is 22.8 Å². The molecule has 0 radical (unpaired) electrons. The normalized spacial score (nSPS) is 21.2. The standard InChI is InChI=1S/C22H21F3N4O4/c1-11-8-13(22(23,24)25)9-16(26-11)29-17(18(30)19(31)21(29)33)20(32)28(3)14-5-4-12-6-7-27(2)15(12)10-14/h4-10,17-19,30-31H,1-3H3/t17-,18-,19-/m0/s1. The number of aromatic nitrogens is 2. The smallest absolute Gasteiger partial charge is 0.387 e. The zero-order valence-electron chi connectivity index (χ0n) is 17.9. The number of pyridine rings is 1. The van der Waals surface area contributed by atoms with Crippen LogP contribution < -0.4 is 9.80 Å². The molecule has 3 aromatic rings. The Morgan fingerprint density at radius 2 is 1.85 bits per heavy atom. The van der Waals surface area contributed by atoms with Gasteiger partial charge in [-0.2, -0.15) is 13.2 Å². The first-order valence-electron chi connectivity index (χ1n) is 9.98. The van der Waals surface area contributed by atoms with E-state index in [1.165, 1.54) is 18.9 Å². The molecule has 0 spiro atoms. The lowest BCUT2D eigenvalue weighted by Crippen LogP contribution is -2.50. The molecule has 2 aromatic heterocycles. The van der Waals surface area contributed by atoms with Crippen molar-refractivity contribution in [3.05, 3.63) is 53.9 Å². The predicted octanol–water partition coefficient (Wildman–Crippen LogP) is 2.00. The third-order valence-electron chi connectivity index (χ3n) is 5.77. The van der Waals surface area contributed by atoms with Gasteiger partial charge in [0.1, 0.15) is 18.0 Å². The summed E-state index contributed by atoms with van der Waals surface area (Å²) in [6.45, 7) is 1.31. The summed E-state index contributed by atoms with van der Waals surface area (Å²) in [4.78, 5) is 31.8. The fourth-order valence-electron chi connectivity index (χ4n) is 3.99. The molecular weight excluding hydrogens is 441 g/mol. The van der Waals surface area contributed by atoms with Crippen LogP contribution in [0.5, 0.6) is 0 Å². The molecule has 4 rings (SSSR count). The number of anilines is 2. The summed E-state index contributed by atoms with van der Waals surface area (Å²) >= 11 is 0. The van der Waals surface area contributed by atoms with E-state index in [2.05, 4.69) is 4.98 Å². The maximum atomic E-state index is 13.4. The largest absolute Gasteiger partial charge is 0.416 e. The van der Waals surface area contributed by atoms with Crippen molar-refractivity contribution in [2.75, 3.05) is 16.8 Å². The van der Waals surface area contributed by atoms with Gasteiger partial charge in [0.05, 0.1) is 5.56 Å². The number of carbonyl (C=O) groups excluding carboxylic acids is 2. The molecule has 3 atom stereocenters. The molecule has 8 nitrogen and oxygen atoms in total. The Morgan fingerprint density at radius 1 is 1.15 bits per heavy atom. The van der Waals surface area contributed by atoms with E-state index in [0.717, 1.165) is 17.0 Å². The highest BCUT2D eigenvalue weighted by atomic mass is 19.4. The second-order valence-electron chi connectivity index (χ2n) is 8.01. The molecule has 2 amide bonds. The first-order chi connectivity index (χ1) is 15.4. The van der Waals surface area contributed by atoms with Crippen molar-refractivity contribution in [3.63, 3.8) is 0 Å². The lowest BCUT2D eigenvalue weighted by atomic mass is 10.1. The zero-order chi connectivity index (χ0) is 24.2. The molecule has 3 heterocycles. The average Bonchev–Trinajstić information content (AvgIpc) is 3.23. The summed E-state index contributed by atoms with van der Waals surface area (Å²) in [6.07, 6.45) is -6.72. The van der Waals surface area contributed by atoms with Crippen molar-refractivity contribution in [2.24, 2.45) is 7.05 Å². The van der Waals surface area contributed by atoms with Gasteiger partial charge in [-0.3, -0.25) is 14.5 Å². The highest BCUT2D eigenvalue weighted by Crippen LogP contribution is 2.35. The van der Waals surface area contributed by atoms with Gasteiger partial charge in [-0.05, 0) is 42.6 Å². The van der Waals surface area contributed by atoms with Crippen LogP contribution in [0.1, 0.15) is 11.3 Å². The van der Waals surface area contributed by atoms with Crippen LogP contribution in [0.25, 0.3) is 10.9 Å². The summed E-state index contributed by atoms with van der Waals surface area (Å²) in [5.41, 5.74) is 0.144. The van der Waals surface area contributed by atoms with Gasteiger partial charge in [0, 0.05) is 37.2 Å². The zero-order valence-corrected chi connectivity index (χ0v) is 17.9. The SMILES string of the molecule is Cc1cc(C(F)(F)F)cc(N2C(=O)[C@@H](O)[C@@H](O)[C@H]2C(=O)N(C)c2ccc3ccn(C)c3c2)n1. The van der Waals surface area contributed by atoms with Crippen molar-refractivity contribution >= 4 is 34.2 Å². The fraction of sp³-hybridized carbons (Fsp3) is 0.318. The van der Waals surface area contributed by atoms with Crippen molar-refractivity contribution in [1.29, 1.82) is 0 Å². The molecule has 0 aliphatic carbocycles. The second kappa shape index (κ2) is 7.85. The van der Waals surface area contributed by atoms with Crippen LogP contribution in [0.3, 0.4) is 0 Å². The van der Waals surface area contributed by atoms with Crippen LogP contribution >= 0.6 is 0 Å². The van der Waals surface area contributed by atoms with Gasteiger partial charge in [-0.15, -0.1) is 0 Å². The van der Waals surface area contributed by atoms with Crippen LogP contribution in [0.2, 0.25) is 0 Å². The monoisotopic (exact) mass is 462 g/mol. The molecule has 0 saturated carbocycles. The number of fused-ring (bicyclic) bond motifs is 1. The Morgan fingerprint density at radius 3 is 2.52 bits per heavy atom. The van der Waals surface area contributed by atoms with Crippen molar-refractivity contribution in [2.45, 2.75) is 31.3 Å². The number of likely N-dealkylation sites (N-methyl/N-ethyl adjacent to an activating group) is 1. The minimum atomic E-state index is -4.72. The Kier molecular flexibility index (Phi) is 5.41. The van der Waals surface area contributed by atoms with Gasteiger partial charge < -0.3 is 19.7 Å². The predicted molar refractivity (Wildman–Crippen MR) is 114 cm³/mol. The number of aryl methyl sites for hydroxylation is 2. The van der Waals surface area contributed by atoms with E-state index in [1.54, 1.807) is 18.2 Å². The molecule has 1 aliphatic heterocycles. The average molecular weight is 462 g/mol. The molecule has 1 aromatic carbocycles. The first-order valence-corrected chi connectivity index (χ1v) is 9.98. The lowest BCUT2D eigenvalue weighted by Gasteiger charge is -2.29. The van der Waals surface area contributed by atoms with Crippen LogP contribution in [0, 0.1) is 6.92 Å². The number of hydrogen-bond acceptors (Lipinski definition) is 5. The minimum absolute atomic E-state index is 0.0442. The number of aliphatic hydroxyl groups is 2. The summed E-state index contributed by atoms with van der Waals surface area (Å²) in [7, 11) is 3.24. The van der Waals surface area contributed by atoms with E-state index >= 15 is 0 Å². The number of halogens is 3. The van der Waals surface area contributed by atoms with Gasteiger partial charge in [0.25, 0.3) is 11.8 Å². The third kappa shape index (κ3) is 3.83. The molecular formula is C22H21F3N4O4. The lowest BCUT2D eigenvalue weighted by molar-refractivity contribution is -0.137. The summed E-state index contributed by atoms with van der Waals surface area (Å²) < 4.78 is 41.8. The van der Waals surface area contributed by atoms with E-state index in [-0.39, 0.29) is 5.69 Å². The number of nitrogens with zero attached hydrogens (tertiary/aromatic N) is 4. The number of aliphatic hydroxyl groups excluding tert-OH is 2. The number of alkyl halides is 3. The number of carbonyl (C=O) groups is 2. The van der Waals surface area contributed by atoms with Gasteiger partial charge in [-0.25, -0.2) is 4.98 Å². The fourth-order valence-corrected chi connectivity index (χ4v) is 3.99. The third-order valence-corrected chi connectivity index (χ3v) is 5.77. The van der Waals surface area contributed by atoms with E-state index in [0.29, 0.717) is 16.7 Å². The van der Waals surface area contributed by atoms with Crippen LogP contribution in [0.4, 0.5) is 24.7 Å². The summed E-state index contributed by atoms with van der Waals surface area (Å²) in [6, 6.07) is 6.81. The van der Waals surface area contributed by atoms with Crippen molar-refractivity contribution in [1.82, 2.24) is 9.55 Å². The maximum Gasteiger partial charge on any atom is 0.416 e. The summed E-state index contributed by atoms with van der Waals surface area (Å²) in [5.74, 6) is -2.39. The molecule has 0 unspecified atom stereocenters. The van der Waals surface area contributed by atoms with E-state index < -0.39 is 47.6 Å². The van der Waals surface area contributed by atoms with E-state index in [1.807, 2.05) is 23.9 Å². The van der Waals surface area contributed by atoms with Crippen molar-refractivity contribution < 1.29 is 33.0 Å². The number of amides is 2. The first kappa shape index (κ1) is 22.7. The molecule has 33 heavy (non-hydrogen) atoms. The van der Waals surface area contributed by atoms with Crippen molar-refractivity contribution in [3.8, 4) is 0 Å². The van der Waals surface area contributed by atoms with E-state index in [9.17, 15) is 33.0 Å². The molecule has 1 saturated heterocycles. The van der Waals surface area contributed by atoms with Gasteiger partial charge in [-0.1, -0.05) is 6.07 Å². The van der Waals surface area contributed by atoms with E-state index in [4.69, 9.17) is 0 Å². The highest BCUT2D eigenvalue weighted by Gasteiger charge is 2.52. The quantitative estimate of drug-likeness (QED) is 0.621. The van der Waals surface area contributed by atoms with Gasteiger partial charge in [0.15, 0.2) is 6.10 Å². The van der Waals surface area contributed by atoms with Crippen LogP contribution in [0.15, 0.2) is 42.6 Å². The number of benzene rings is 1. The molecule has 1 fully saturated rings. The second-order valence-corrected chi connectivity index (χ2v) is 8.01. The Hall–Kier alpha value is -3.44. The summed E-state index contributed by atoms with van der Waals surface area (Å²) in [5, 5.41) is 21.6. The Labute approximate surface area is 186 Å². The molecule has 11 heteroatoms. The molecule has 174 valence electrons. The highest BCUT2D eigenvalue weighted by molar-refractivity contribution is 6.11. The molecule has 0 bridgehead atoms. The molecule has 2 N–H and O–H groups in total. The van der Waals surface area contributed by atoms with Crippen LogP contribution in [-0.4, -0.2) is 56.9 Å². The molecule has 1 aliphatic rings. The Balaban J connectivity index is 1.75. The number of hydrogen-bond donors (Lipinski definition) is 2.